The van der Waals surface area contributed by atoms with Gasteiger partial charge in [-0.25, -0.2) is 4.98 Å². The standard InChI is InChI=1S/C12H18N4O/c13-8-3-5-9(6-4-8)16-12(17)11-10(14)2-1-7-15-11/h1-2,7-9H,3-6,13-14H2,(H,16,17). The molecular weight excluding hydrogens is 216 g/mol. The molecule has 1 amide bonds. The first-order valence-corrected chi connectivity index (χ1v) is 5.93. The lowest BCUT2D eigenvalue weighted by atomic mass is 9.92. The molecule has 0 spiro atoms. The lowest BCUT2D eigenvalue weighted by molar-refractivity contribution is 0.0922. The van der Waals surface area contributed by atoms with Gasteiger partial charge in [-0.3, -0.25) is 4.79 Å². The number of rotatable bonds is 2. The van der Waals surface area contributed by atoms with E-state index >= 15 is 0 Å². The minimum absolute atomic E-state index is 0.191. The maximum Gasteiger partial charge on any atom is 0.272 e. The summed E-state index contributed by atoms with van der Waals surface area (Å²) in [5.74, 6) is -0.191. The molecule has 0 saturated heterocycles. The van der Waals surface area contributed by atoms with E-state index in [1.807, 2.05) is 0 Å². The molecule has 5 N–H and O–H groups in total. The second-order valence-corrected chi connectivity index (χ2v) is 4.53. The third-order valence-corrected chi connectivity index (χ3v) is 3.16. The van der Waals surface area contributed by atoms with Crippen LogP contribution in [-0.4, -0.2) is 23.0 Å². The Balaban J connectivity index is 1.96. The third-order valence-electron chi connectivity index (χ3n) is 3.16. The summed E-state index contributed by atoms with van der Waals surface area (Å²) in [6, 6.07) is 3.87. The van der Waals surface area contributed by atoms with Gasteiger partial charge < -0.3 is 16.8 Å². The van der Waals surface area contributed by atoms with Gasteiger partial charge in [0.15, 0.2) is 5.69 Å². The van der Waals surface area contributed by atoms with Crippen molar-refractivity contribution in [3.63, 3.8) is 0 Å². The number of anilines is 1. The molecule has 0 aliphatic heterocycles. The van der Waals surface area contributed by atoms with Gasteiger partial charge in [-0.15, -0.1) is 0 Å². The average molecular weight is 234 g/mol. The third kappa shape index (κ3) is 2.94. The Morgan fingerprint density at radius 3 is 2.71 bits per heavy atom. The van der Waals surface area contributed by atoms with E-state index in [2.05, 4.69) is 10.3 Å². The summed E-state index contributed by atoms with van der Waals surface area (Å²) in [4.78, 5) is 15.9. The topological polar surface area (TPSA) is 94.0 Å². The Bertz CT molecular complexity index is 399. The summed E-state index contributed by atoms with van der Waals surface area (Å²) in [5, 5.41) is 2.96. The van der Waals surface area contributed by atoms with Crippen LogP contribution >= 0.6 is 0 Å². The van der Waals surface area contributed by atoms with E-state index in [0.717, 1.165) is 25.7 Å². The van der Waals surface area contributed by atoms with Crippen LogP contribution in [0.15, 0.2) is 18.3 Å². The van der Waals surface area contributed by atoms with Crippen LogP contribution in [0, 0.1) is 0 Å². The molecule has 0 radical (unpaired) electrons. The number of pyridine rings is 1. The number of hydrogen-bond donors (Lipinski definition) is 3. The Hall–Kier alpha value is -1.62. The average Bonchev–Trinajstić information content (AvgIpc) is 2.32. The van der Waals surface area contributed by atoms with Gasteiger partial charge >= 0.3 is 0 Å². The monoisotopic (exact) mass is 234 g/mol. The van der Waals surface area contributed by atoms with Crippen LogP contribution in [0.2, 0.25) is 0 Å². The van der Waals surface area contributed by atoms with Crippen molar-refractivity contribution < 1.29 is 4.79 Å². The van der Waals surface area contributed by atoms with Gasteiger partial charge in [-0.05, 0) is 37.8 Å². The molecule has 17 heavy (non-hydrogen) atoms. The van der Waals surface area contributed by atoms with E-state index in [1.165, 1.54) is 0 Å². The van der Waals surface area contributed by atoms with E-state index in [9.17, 15) is 4.79 Å². The molecule has 0 bridgehead atoms. The Morgan fingerprint density at radius 2 is 2.06 bits per heavy atom. The largest absolute Gasteiger partial charge is 0.397 e. The van der Waals surface area contributed by atoms with E-state index in [-0.39, 0.29) is 18.0 Å². The predicted molar refractivity (Wildman–Crippen MR) is 66.3 cm³/mol. The van der Waals surface area contributed by atoms with Crippen LogP contribution in [-0.2, 0) is 0 Å². The molecule has 0 unspecified atom stereocenters. The number of amides is 1. The second kappa shape index (κ2) is 5.14. The SMILES string of the molecule is Nc1cccnc1C(=O)NC1CCC(N)CC1. The van der Waals surface area contributed by atoms with E-state index in [1.54, 1.807) is 18.3 Å². The van der Waals surface area contributed by atoms with Crippen LogP contribution < -0.4 is 16.8 Å². The molecule has 0 aromatic carbocycles. The number of aromatic nitrogens is 1. The molecule has 1 aliphatic rings. The van der Waals surface area contributed by atoms with E-state index in [0.29, 0.717) is 11.4 Å². The number of nitrogens with two attached hydrogens (primary N) is 2. The van der Waals surface area contributed by atoms with Gasteiger partial charge in [0.1, 0.15) is 0 Å². The summed E-state index contributed by atoms with van der Waals surface area (Å²) in [7, 11) is 0. The fourth-order valence-corrected chi connectivity index (χ4v) is 2.12. The zero-order chi connectivity index (χ0) is 12.3. The number of carbonyl (C=O) groups is 1. The number of nitrogens with one attached hydrogen (secondary N) is 1. The van der Waals surface area contributed by atoms with Crippen molar-refractivity contribution in [3.05, 3.63) is 24.0 Å². The Kier molecular flexibility index (Phi) is 3.58. The number of nitrogen functional groups attached to an aromatic ring is 1. The molecular formula is C12H18N4O. The maximum absolute atomic E-state index is 11.9. The smallest absolute Gasteiger partial charge is 0.272 e. The summed E-state index contributed by atoms with van der Waals surface area (Å²) < 4.78 is 0. The first-order valence-electron chi connectivity index (χ1n) is 5.93. The van der Waals surface area contributed by atoms with Crippen LogP contribution in [0.4, 0.5) is 5.69 Å². The van der Waals surface area contributed by atoms with Gasteiger partial charge in [0.2, 0.25) is 0 Å². The highest BCUT2D eigenvalue weighted by Crippen LogP contribution is 2.17. The summed E-state index contributed by atoms with van der Waals surface area (Å²) >= 11 is 0. The first kappa shape index (κ1) is 11.9. The molecule has 5 heteroatoms. The zero-order valence-electron chi connectivity index (χ0n) is 9.73. The molecule has 0 atom stereocenters. The quantitative estimate of drug-likeness (QED) is 0.700. The van der Waals surface area contributed by atoms with Crippen LogP contribution in [0.3, 0.4) is 0 Å². The fourth-order valence-electron chi connectivity index (χ4n) is 2.12. The normalized spacial score (nSPS) is 24.3. The fraction of sp³-hybridized carbons (Fsp3) is 0.500. The highest BCUT2D eigenvalue weighted by atomic mass is 16.1. The lowest BCUT2D eigenvalue weighted by Crippen LogP contribution is -2.40. The van der Waals surface area contributed by atoms with Gasteiger partial charge in [-0.2, -0.15) is 0 Å². The van der Waals surface area contributed by atoms with Gasteiger partial charge in [0.05, 0.1) is 5.69 Å². The maximum atomic E-state index is 11.9. The van der Waals surface area contributed by atoms with Crippen molar-refractivity contribution in [1.82, 2.24) is 10.3 Å². The molecule has 1 aromatic heterocycles. The van der Waals surface area contributed by atoms with Crippen molar-refractivity contribution >= 4 is 11.6 Å². The van der Waals surface area contributed by atoms with Crippen molar-refractivity contribution in [1.29, 1.82) is 0 Å². The van der Waals surface area contributed by atoms with Crippen LogP contribution in [0.1, 0.15) is 36.2 Å². The number of nitrogens with zero attached hydrogens (tertiary/aromatic N) is 1. The summed E-state index contributed by atoms with van der Waals surface area (Å²) in [6.07, 6.45) is 5.35. The molecule has 1 aromatic rings. The van der Waals surface area contributed by atoms with Crippen molar-refractivity contribution in [2.45, 2.75) is 37.8 Å². The summed E-state index contributed by atoms with van der Waals surface area (Å²) in [5.41, 5.74) is 12.2. The molecule has 1 aliphatic carbocycles. The zero-order valence-corrected chi connectivity index (χ0v) is 9.73. The molecule has 5 nitrogen and oxygen atoms in total. The molecule has 1 heterocycles. The van der Waals surface area contributed by atoms with Gasteiger partial charge in [0, 0.05) is 18.3 Å². The highest BCUT2D eigenvalue weighted by Gasteiger charge is 2.21. The van der Waals surface area contributed by atoms with Crippen LogP contribution in [0.25, 0.3) is 0 Å². The van der Waals surface area contributed by atoms with E-state index in [4.69, 9.17) is 11.5 Å². The molecule has 2 rings (SSSR count). The molecule has 92 valence electrons. The molecule has 1 fully saturated rings. The van der Waals surface area contributed by atoms with E-state index < -0.39 is 0 Å². The number of carbonyl (C=O) groups excluding carboxylic acids is 1. The number of hydrogen-bond acceptors (Lipinski definition) is 4. The van der Waals surface area contributed by atoms with Gasteiger partial charge in [0.25, 0.3) is 5.91 Å². The van der Waals surface area contributed by atoms with Crippen molar-refractivity contribution in [3.8, 4) is 0 Å². The predicted octanol–water partition coefficient (Wildman–Crippen LogP) is 0.663. The second-order valence-electron chi connectivity index (χ2n) is 4.53. The Morgan fingerprint density at radius 1 is 1.35 bits per heavy atom. The minimum atomic E-state index is -0.191. The van der Waals surface area contributed by atoms with Crippen LogP contribution in [0.5, 0.6) is 0 Å². The lowest BCUT2D eigenvalue weighted by Gasteiger charge is -2.26. The van der Waals surface area contributed by atoms with Gasteiger partial charge in [-0.1, -0.05) is 0 Å². The minimum Gasteiger partial charge on any atom is -0.397 e. The molecule has 1 saturated carbocycles. The highest BCUT2D eigenvalue weighted by molar-refractivity contribution is 5.97. The Labute approximate surface area is 101 Å². The first-order chi connectivity index (χ1) is 8.16. The van der Waals surface area contributed by atoms with Crippen molar-refractivity contribution in [2.24, 2.45) is 5.73 Å². The summed E-state index contributed by atoms with van der Waals surface area (Å²) in [6.45, 7) is 0. The van der Waals surface area contributed by atoms with Crippen molar-refractivity contribution in [2.75, 3.05) is 5.73 Å².